The number of pyridine rings is 2. The highest BCUT2D eigenvalue weighted by Crippen LogP contribution is 2.38. The van der Waals surface area contributed by atoms with Crippen LogP contribution in [0.4, 0.5) is 10.1 Å². The first-order valence-electron chi connectivity index (χ1n) is 11.2. The molecule has 2 aromatic heterocycles. The SMILES string of the molecule is COc1cc2nccc(Oc3ccc4cc(NC(=O)c5cccnc5OC)ccc4c3F)c2cc1OC. The lowest BCUT2D eigenvalue weighted by atomic mass is 10.1. The maximum atomic E-state index is 15.5. The van der Waals surface area contributed by atoms with Crippen LogP contribution in [0.2, 0.25) is 0 Å². The molecule has 1 N–H and O–H groups in total. The maximum Gasteiger partial charge on any atom is 0.261 e. The zero-order valence-electron chi connectivity index (χ0n) is 20.2. The zero-order valence-corrected chi connectivity index (χ0v) is 20.2. The Morgan fingerprint density at radius 1 is 0.784 bits per heavy atom. The Bertz CT molecular complexity index is 1640. The molecule has 37 heavy (non-hydrogen) atoms. The van der Waals surface area contributed by atoms with Crippen molar-refractivity contribution in [2.75, 3.05) is 26.6 Å². The summed E-state index contributed by atoms with van der Waals surface area (Å²) in [6.45, 7) is 0. The first-order valence-corrected chi connectivity index (χ1v) is 11.2. The minimum atomic E-state index is -0.533. The van der Waals surface area contributed by atoms with Gasteiger partial charge in [0, 0.05) is 34.9 Å². The number of carbonyl (C=O) groups is 1. The molecule has 0 saturated carbocycles. The van der Waals surface area contributed by atoms with E-state index in [1.54, 1.807) is 74.0 Å². The Morgan fingerprint density at radius 3 is 2.38 bits per heavy atom. The van der Waals surface area contributed by atoms with Gasteiger partial charge in [-0.25, -0.2) is 9.37 Å². The van der Waals surface area contributed by atoms with Gasteiger partial charge in [-0.2, -0.15) is 0 Å². The summed E-state index contributed by atoms with van der Waals surface area (Å²) in [4.78, 5) is 21.1. The van der Waals surface area contributed by atoms with Gasteiger partial charge in [-0.15, -0.1) is 0 Å². The summed E-state index contributed by atoms with van der Waals surface area (Å²) in [6, 6.07) is 16.5. The Hall–Kier alpha value is -4.92. The molecule has 0 aliphatic heterocycles. The van der Waals surface area contributed by atoms with Crippen LogP contribution >= 0.6 is 0 Å². The monoisotopic (exact) mass is 499 g/mol. The molecule has 0 aliphatic carbocycles. The molecule has 8 nitrogen and oxygen atoms in total. The summed E-state index contributed by atoms with van der Waals surface area (Å²) in [6.07, 6.45) is 3.12. The fraction of sp³-hybridized carbons (Fsp3) is 0.107. The van der Waals surface area contributed by atoms with Crippen molar-refractivity contribution >= 4 is 33.3 Å². The molecule has 1 amide bonds. The van der Waals surface area contributed by atoms with Gasteiger partial charge in [0.25, 0.3) is 5.91 Å². The zero-order chi connectivity index (χ0) is 25.9. The number of anilines is 1. The molecule has 0 atom stereocenters. The van der Waals surface area contributed by atoms with E-state index in [0.29, 0.717) is 50.2 Å². The lowest BCUT2D eigenvalue weighted by Crippen LogP contribution is -2.13. The van der Waals surface area contributed by atoms with E-state index in [1.165, 1.54) is 20.4 Å². The number of methoxy groups -OCH3 is 3. The molecular weight excluding hydrogens is 477 g/mol. The van der Waals surface area contributed by atoms with Gasteiger partial charge in [0.1, 0.15) is 11.3 Å². The third-order valence-electron chi connectivity index (χ3n) is 5.81. The summed E-state index contributed by atoms with van der Waals surface area (Å²) in [5, 5.41) is 4.37. The molecule has 0 spiro atoms. The number of nitrogens with one attached hydrogen (secondary N) is 1. The highest BCUT2D eigenvalue weighted by molar-refractivity contribution is 6.06. The molecule has 0 saturated heterocycles. The molecule has 2 heterocycles. The van der Waals surface area contributed by atoms with Gasteiger partial charge >= 0.3 is 0 Å². The molecule has 3 aromatic carbocycles. The van der Waals surface area contributed by atoms with E-state index >= 15 is 4.39 Å². The number of fused-ring (bicyclic) bond motifs is 2. The molecular formula is C28H22FN3O5. The molecule has 0 aliphatic rings. The average Bonchev–Trinajstić information content (AvgIpc) is 2.93. The first kappa shape index (κ1) is 23.8. The van der Waals surface area contributed by atoms with E-state index in [4.69, 9.17) is 18.9 Å². The minimum Gasteiger partial charge on any atom is -0.493 e. The van der Waals surface area contributed by atoms with Crippen molar-refractivity contribution in [2.45, 2.75) is 0 Å². The molecule has 5 aromatic rings. The van der Waals surface area contributed by atoms with Crippen LogP contribution in [0.1, 0.15) is 10.4 Å². The summed E-state index contributed by atoms with van der Waals surface area (Å²) in [7, 11) is 4.52. The van der Waals surface area contributed by atoms with E-state index in [9.17, 15) is 4.79 Å². The van der Waals surface area contributed by atoms with Gasteiger partial charge in [-0.3, -0.25) is 9.78 Å². The highest BCUT2D eigenvalue weighted by Gasteiger charge is 2.16. The van der Waals surface area contributed by atoms with Crippen LogP contribution in [0.3, 0.4) is 0 Å². The van der Waals surface area contributed by atoms with Gasteiger partial charge in [0.2, 0.25) is 5.88 Å². The minimum absolute atomic E-state index is 0.0478. The molecule has 0 unspecified atom stereocenters. The third-order valence-corrected chi connectivity index (χ3v) is 5.81. The smallest absolute Gasteiger partial charge is 0.261 e. The Morgan fingerprint density at radius 2 is 1.59 bits per heavy atom. The third kappa shape index (κ3) is 4.54. The van der Waals surface area contributed by atoms with Gasteiger partial charge < -0.3 is 24.3 Å². The topological polar surface area (TPSA) is 91.8 Å². The van der Waals surface area contributed by atoms with Crippen molar-refractivity contribution in [3.05, 3.63) is 84.4 Å². The Kier molecular flexibility index (Phi) is 6.42. The van der Waals surface area contributed by atoms with Gasteiger partial charge in [0.15, 0.2) is 23.1 Å². The number of hydrogen-bond acceptors (Lipinski definition) is 7. The van der Waals surface area contributed by atoms with Crippen LogP contribution in [0, 0.1) is 5.82 Å². The van der Waals surface area contributed by atoms with Crippen LogP contribution in [0.15, 0.2) is 73.1 Å². The van der Waals surface area contributed by atoms with Gasteiger partial charge in [0.05, 0.1) is 26.8 Å². The van der Waals surface area contributed by atoms with E-state index in [-0.39, 0.29) is 17.5 Å². The number of aromatic nitrogens is 2. The number of hydrogen-bond donors (Lipinski definition) is 1. The van der Waals surface area contributed by atoms with E-state index in [0.717, 1.165) is 0 Å². The van der Waals surface area contributed by atoms with Crippen LogP contribution in [-0.2, 0) is 0 Å². The van der Waals surface area contributed by atoms with Crippen LogP contribution in [0.25, 0.3) is 21.7 Å². The molecule has 0 fully saturated rings. The predicted molar refractivity (Wildman–Crippen MR) is 138 cm³/mol. The van der Waals surface area contributed by atoms with Crippen molar-refractivity contribution < 1.29 is 28.1 Å². The second-order valence-corrected chi connectivity index (χ2v) is 7.96. The summed E-state index contributed by atoms with van der Waals surface area (Å²) < 4.78 is 37.3. The number of benzene rings is 3. The molecule has 9 heteroatoms. The average molecular weight is 499 g/mol. The Labute approximate surface area is 211 Å². The first-order chi connectivity index (χ1) is 18.0. The van der Waals surface area contributed by atoms with Crippen molar-refractivity contribution in [2.24, 2.45) is 0 Å². The molecule has 186 valence electrons. The van der Waals surface area contributed by atoms with E-state index in [2.05, 4.69) is 15.3 Å². The summed E-state index contributed by atoms with van der Waals surface area (Å²) in [5.41, 5.74) is 1.40. The molecule has 0 radical (unpaired) electrons. The number of nitrogens with zero attached hydrogens (tertiary/aromatic N) is 2. The number of rotatable bonds is 7. The van der Waals surface area contributed by atoms with Gasteiger partial charge in [-0.05, 0) is 53.9 Å². The molecule has 5 rings (SSSR count). The predicted octanol–water partition coefficient (Wildman–Crippen LogP) is 5.99. The standard InChI is InChI=1S/C28H22FN3O5/c1-34-24-14-20-21(15-25(24)35-2)30-12-10-22(20)37-23-9-6-16-13-17(7-8-18(16)26(23)29)32-27(33)19-5-4-11-31-28(19)36-3/h4-15H,1-3H3,(H,32,33). The largest absolute Gasteiger partial charge is 0.493 e. The van der Waals surface area contributed by atoms with Crippen molar-refractivity contribution in [3.8, 4) is 28.9 Å². The van der Waals surface area contributed by atoms with Crippen LogP contribution in [-0.4, -0.2) is 37.2 Å². The number of carbonyl (C=O) groups excluding carboxylic acids is 1. The number of ether oxygens (including phenoxy) is 4. The van der Waals surface area contributed by atoms with E-state index in [1.807, 2.05) is 0 Å². The van der Waals surface area contributed by atoms with Gasteiger partial charge in [-0.1, -0.05) is 6.07 Å². The molecule has 0 bridgehead atoms. The second-order valence-electron chi connectivity index (χ2n) is 7.96. The summed E-state index contributed by atoms with van der Waals surface area (Å²) >= 11 is 0. The van der Waals surface area contributed by atoms with E-state index < -0.39 is 5.82 Å². The van der Waals surface area contributed by atoms with Crippen LogP contribution in [0.5, 0.6) is 28.9 Å². The fourth-order valence-corrected chi connectivity index (χ4v) is 4.01. The number of halogens is 1. The highest BCUT2D eigenvalue weighted by atomic mass is 19.1. The normalized spacial score (nSPS) is 10.8. The fourth-order valence-electron chi connectivity index (χ4n) is 4.01. The van der Waals surface area contributed by atoms with Crippen molar-refractivity contribution in [1.29, 1.82) is 0 Å². The second kappa shape index (κ2) is 9.98. The summed E-state index contributed by atoms with van der Waals surface area (Å²) in [5.74, 6) is 0.793. The van der Waals surface area contributed by atoms with Crippen molar-refractivity contribution in [3.63, 3.8) is 0 Å². The number of amides is 1. The lowest BCUT2D eigenvalue weighted by molar-refractivity contribution is 0.102. The van der Waals surface area contributed by atoms with Crippen molar-refractivity contribution in [1.82, 2.24) is 9.97 Å². The Balaban J connectivity index is 1.45. The quantitative estimate of drug-likeness (QED) is 0.294. The van der Waals surface area contributed by atoms with Crippen LogP contribution < -0.4 is 24.3 Å². The lowest BCUT2D eigenvalue weighted by Gasteiger charge is -2.14. The maximum absolute atomic E-state index is 15.5.